The summed E-state index contributed by atoms with van der Waals surface area (Å²) in [5.74, 6) is 0. The molecule has 0 saturated carbocycles. The summed E-state index contributed by atoms with van der Waals surface area (Å²) in [4.78, 5) is 4.02. The Balaban J connectivity index is 2.41. The van der Waals surface area contributed by atoms with Crippen molar-refractivity contribution in [2.45, 2.75) is 45.4 Å². The lowest BCUT2D eigenvalue weighted by atomic mass is 9.76. The molecule has 1 aliphatic heterocycles. The number of hydrogen-bond donors (Lipinski definition) is 1. The van der Waals surface area contributed by atoms with Gasteiger partial charge in [0.1, 0.15) is 11.8 Å². The van der Waals surface area contributed by atoms with Crippen LogP contribution in [0.1, 0.15) is 39.0 Å². The first kappa shape index (κ1) is 14.0. The fraction of sp³-hybridized carbons (Fsp3) is 0.538. The smallest absolute Gasteiger partial charge is 0.399 e. The standard InChI is InChI=1S/C13H18BN3O2/c1-12(2)13(3,4)19-14(18-12)11-5-10(7-16)17-8-9(11)6-15/h5,8H,6,15H2,1-4H3. The van der Waals surface area contributed by atoms with E-state index in [-0.39, 0.29) is 0 Å². The summed E-state index contributed by atoms with van der Waals surface area (Å²) in [7, 11) is -0.515. The Hall–Kier alpha value is -1.42. The fourth-order valence-electron chi connectivity index (χ4n) is 1.92. The maximum atomic E-state index is 8.95. The van der Waals surface area contributed by atoms with Gasteiger partial charge in [-0.3, -0.25) is 0 Å². The van der Waals surface area contributed by atoms with Crippen molar-refractivity contribution in [3.05, 3.63) is 23.5 Å². The Kier molecular flexibility index (Phi) is 3.39. The Morgan fingerprint density at radius 3 is 2.37 bits per heavy atom. The summed E-state index contributed by atoms with van der Waals surface area (Å²) in [6.45, 7) is 8.28. The van der Waals surface area contributed by atoms with Crippen LogP contribution in [0.4, 0.5) is 0 Å². The second-order valence-corrected chi connectivity index (χ2v) is 5.67. The minimum Gasteiger partial charge on any atom is -0.399 e. The summed E-state index contributed by atoms with van der Waals surface area (Å²) in [5, 5.41) is 8.95. The monoisotopic (exact) mass is 259 g/mol. The third-order valence-corrected chi connectivity index (χ3v) is 3.86. The summed E-state index contributed by atoms with van der Waals surface area (Å²) in [6.07, 6.45) is 1.61. The highest BCUT2D eigenvalue weighted by Crippen LogP contribution is 2.36. The van der Waals surface area contributed by atoms with Gasteiger partial charge < -0.3 is 15.0 Å². The molecule has 1 aliphatic rings. The number of nitrogens with zero attached hydrogens (tertiary/aromatic N) is 2. The predicted molar refractivity (Wildman–Crippen MR) is 72.6 cm³/mol. The molecule has 2 N–H and O–H groups in total. The van der Waals surface area contributed by atoms with Crippen LogP contribution in [-0.4, -0.2) is 23.3 Å². The van der Waals surface area contributed by atoms with E-state index in [9.17, 15) is 0 Å². The van der Waals surface area contributed by atoms with Crippen molar-refractivity contribution in [1.29, 1.82) is 5.26 Å². The van der Waals surface area contributed by atoms with Gasteiger partial charge in [0.15, 0.2) is 0 Å². The molecule has 0 unspecified atom stereocenters. The zero-order valence-electron chi connectivity index (χ0n) is 11.7. The summed E-state index contributed by atoms with van der Waals surface area (Å²) < 4.78 is 12.0. The maximum Gasteiger partial charge on any atom is 0.495 e. The van der Waals surface area contributed by atoms with Gasteiger partial charge >= 0.3 is 7.12 Å². The molecule has 0 aliphatic carbocycles. The quantitative estimate of drug-likeness (QED) is 0.791. The molecule has 2 rings (SSSR count). The van der Waals surface area contributed by atoms with E-state index < -0.39 is 18.3 Å². The molecule has 1 fully saturated rings. The molecule has 19 heavy (non-hydrogen) atoms. The molecule has 0 aromatic carbocycles. The number of nitrogens with two attached hydrogens (primary N) is 1. The van der Waals surface area contributed by atoms with Crippen molar-refractivity contribution in [2.24, 2.45) is 5.73 Å². The Morgan fingerprint density at radius 2 is 1.89 bits per heavy atom. The van der Waals surface area contributed by atoms with Crippen LogP contribution in [0.3, 0.4) is 0 Å². The van der Waals surface area contributed by atoms with E-state index in [0.717, 1.165) is 11.0 Å². The van der Waals surface area contributed by atoms with Crippen LogP contribution in [0.2, 0.25) is 0 Å². The average Bonchev–Trinajstić information content (AvgIpc) is 2.57. The molecule has 0 amide bonds. The third-order valence-electron chi connectivity index (χ3n) is 3.86. The van der Waals surface area contributed by atoms with Crippen molar-refractivity contribution >= 4 is 12.6 Å². The van der Waals surface area contributed by atoms with Gasteiger partial charge in [0.2, 0.25) is 0 Å². The van der Waals surface area contributed by atoms with Crippen molar-refractivity contribution in [1.82, 2.24) is 4.98 Å². The van der Waals surface area contributed by atoms with E-state index >= 15 is 0 Å². The molecule has 2 heterocycles. The van der Waals surface area contributed by atoms with Gasteiger partial charge in [0.05, 0.1) is 11.2 Å². The fourth-order valence-corrected chi connectivity index (χ4v) is 1.92. The molecule has 6 heteroatoms. The molecule has 5 nitrogen and oxygen atoms in total. The van der Waals surface area contributed by atoms with Crippen molar-refractivity contribution in [2.75, 3.05) is 0 Å². The van der Waals surface area contributed by atoms with E-state index in [0.29, 0.717) is 12.2 Å². The average molecular weight is 259 g/mol. The van der Waals surface area contributed by atoms with Gasteiger partial charge in [-0.2, -0.15) is 5.26 Å². The van der Waals surface area contributed by atoms with E-state index in [1.807, 2.05) is 33.8 Å². The lowest BCUT2D eigenvalue weighted by Gasteiger charge is -2.32. The molecule has 1 saturated heterocycles. The molecule has 1 aromatic heterocycles. The Labute approximate surface area is 113 Å². The molecule has 1 aromatic rings. The number of rotatable bonds is 2. The number of hydrogen-bond acceptors (Lipinski definition) is 5. The molecule has 0 radical (unpaired) electrons. The van der Waals surface area contributed by atoms with Crippen LogP contribution >= 0.6 is 0 Å². The molecule has 0 bridgehead atoms. The van der Waals surface area contributed by atoms with Crippen LogP contribution in [0, 0.1) is 11.3 Å². The topological polar surface area (TPSA) is 81.2 Å². The van der Waals surface area contributed by atoms with E-state index in [4.69, 9.17) is 20.3 Å². The van der Waals surface area contributed by atoms with E-state index in [2.05, 4.69) is 4.98 Å². The highest BCUT2D eigenvalue weighted by atomic mass is 16.7. The highest BCUT2D eigenvalue weighted by Gasteiger charge is 2.52. The normalized spacial score (nSPS) is 20.3. The van der Waals surface area contributed by atoms with Crippen LogP contribution in [-0.2, 0) is 15.9 Å². The maximum absolute atomic E-state index is 8.95. The van der Waals surface area contributed by atoms with Crippen LogP contribution in [0.15, 0.2) is 12.3 Å². The minimum atomic E-state index is -0.515. The molecule has 0 spiro atoms. The van der Waals surface area contributed by atoms with Gasteiger partial charge in [0, 0.05) is 12.7 Å². The van der Waals surface area contributed by atoms with Crippen LogP contribution in [0.25, 0.3) is 0 Å². The second kappa shape index (κ2) is 4.60. The number of pyridine rings is 1. The molecule has 0 atom stereocenters. The van der Waals surface area contributed by atoms with Gasteiger partial charge in [-0.15, -0.1) is 0 Å². The first-order valence-electron chi connectivity index (χ1n) is 6.25. The zero-order chi connectivity index (χ0) is 14.3. The summed E-state index contributed by atoms with van der Waals surface area (Å²) in [5.41, 5.74) is 6.83. The van der Waals surface area contributed by atoms with Crippen LogP contribution in [0.5, 0.6) is 0 Å². The number of nitriles is 1. The zero-order valence-corrected chi connectivity index (χ0v) is 11.7. The molecule has 100 valence electrons. The Morgan fingerprint density at radius 1 is 1.32 bits per heavy atom. The van der Waals surface area contributed by atoms with E-state index in [1.165, 1.54) is 0 Å². The van der Waals surface area contributed by atoms with Crippen LogP contribution < -0.4 is 11.2 Å². The second-order valence-electron chi connectivity index (χ2n) is 5.67. The lowest BCUT2D eigenvalue weighted by molar-refractivity contribution is 0.00578. The summed E-state index contributed by atoms with van der Waals surface area (Å²) in [6, 6.07) is 3.71. The minimum absolute atomic E-state index is 0.331. The molecular formula is C13H18BN3O2. The SMILES string of the molecule is CC1(C)OB(c2cc(C#N)ncc2CN)OC1(C)C. The van der Waals surface area contributed by atoms with Gasteiger partial charge in [-0.05, 0) is 44.8 Å². The van der Waals surface area contributed by atoms with Crippen molar-refractivity contribution < 1.29 is 9.31 Å². The van der Waals surface area contributed by atoms with E-state index in [1.54, 1.807) is 12.3 Å². The van der Waals surface area contributed by atoms with Crippen molar-refractivity contribution in [3.63, 3.8) is 0 Å². The third kappa shape index (κ3) is 2.37. The van der Waals surface area contributed by atoms with Gasteiger partial charge in [-0.1, -0.05) is 0 Å². The predicted octanol–water partition coefficient (Wildman–Crippen LogP) is 0.711. The van der Waals surface area contributed by atoms with Crippen molar-refractivity contribution in [3.8, 4) is 6.07 Å². The van der Waals surface area contributed by atoms with Gasteiger partial charge in [-0.25, -0.2) is 4.98 Å². The highest BCUT2D eigenvalue weighted by molar-refractivity contribution is 6.62. The first-order valence-corrected chi connectivity index (χ1v) is 6.25. The molecular weight excluding hydrogens is 241 g/mol. The lowest BCUT2D eigenvalue weighted by Crippen LogP contribution is -2.41. The number of aromatic nitrogens is 1. The first-order chi connectivity index (χ1) is 8.80. The van der Waals surface area contributed by atoms with Gasteiger partial charge in [0.25, 0.3) is 0 Å². The Bertz CT molecular complexity index is 521. The summed E-state index contributed by atoms with van der Waals surface area (Å²) >= 11 is 0. The largest absolute Gasteiger partial charge is 0.495 e.